The Labute approximate surface area is 146 Å². The Morgan fingerprint density at radius 1 is 1.04 bits per heavy atom. The Kier molecular flexibility index (Phi) is 14.4. The second-order valence-electron chi connectivity index (χ2n) is 5.23. The Morgan fingerprint density at radius 3 is 2.17 bits per heavy atom. The Hall–Kier alpha value is -2.13. The summed E-state index contributed by atoms with van der Waals surface area (Å²) < 4.78 is 5.36. The topological polar surface area (TPSA) is 52.3 Å². The predicted octanol–water partition coefficient (Wildman–Crippen LogP) is 4.57. The van der Waals surface area contributed by atoms with Crippen LogP contribution in [0.4, 0.5) is 0 Å². The molecule has 0 amide bonds. The first-order chi connectivity index (χ1) is 11.7. The lowest BCUT2D eigenvalue weighted by Crippen LogP contribution is -2.10. The van der Waals surface area contributed by atoms with E-state index in [1.807, 2.05) is 31.2 Å². The summed E-state index contributed by atoms with van der Waals surface area (Å²) in [6, 6.07) is 18.6. The van der Waals surface area contributed by atoms with Gasteiger partial charge in [0.05, 0.1) is 0 Å². The van der Waals surface area contributed by atoms with Crippen molar-refractivity contribution < 1.29 is 9.53 Å². The minimum absolute atomic E-state index is 0.564. The number of carbonyl (C=O) groups is 1. The summed E-state index contributed by atoms with van der Waals surface area (Å²) in [6.45, 7) is 6.84. The van der Waals surface area contributed by atoms with E-state index in [-0.39, 0.29) is 0 Å². The molecule has 2 aromatic rings. The Bertz CT molecular complexity index is 526. The molecule has 0 unspecified atom stereocenters. The van der Waals surface area contributed by atoms with Gasteiger partial charge >= 0.3 is 0 Å². The van der Waals surface area contributed by atoms with Gasteiger partial charge in [0.2, 0.25) is 0 Å². The molecule has 3 heteroatoms. The summed E-state index contributed by atoms with van der Waals surface area (Å²) in [7, 11) is 0. The predicted molar refractivity (Wildman–Crippen MR) is 103 cm³/mol. The van der Waals surface area contributed by atoms with Gasteiger partial charge in [0, 0.05) is 6.54 Å². The SMILES string of the molecule is CC=O.CCCCc1ccccc1.Cc1ccccc1OCCN. The maximum atomic E-state index is 8.81. The van der Waals surface area contributed by atoms with E-state index in [0.29, 0.717) is 13.2 Å². The van der Waals surface area contributed by atoms with Crippen molar-refractivity contribution in [1.82, 2.24) is 0 Å². The highest BCUT2D eigenvalue weighted by Gasteiger charge is 1.94. The van der Waals surface area contributed by atoms with Crippen LogP contribution in [0.15, 0.2) is 54.6 Å². The summed E-state index contributed by atoms with van der Waals surface area (Å²) in [4.78, 5) is 8.81. The van der Waals surface area contributed by atoms with E-state index in [1.54, 1.807) is 0 Å². The van der Waals surface area contributed by atoms with Crippen LogP contribution in [0.25, 0.3) is 0 Å². The van der Waals surface area contributed by atoms with Crippen molar-refractivity contribution in [3.8, 4) is 5.75 Å². The lowest BCUT2D eigenvalue weighted by atomic mass is 10.1. The minimum Gasteiger partial charge on any atom is -0.492 e. The number of nitrogens with two attached hydrogens (primary N) is 1. The third-order valence-corrected chi connectivity index (χ3v) is 3.13. The van der Waals surface area contributed by atoms with Gasteiger partial charge in [-0.25, -0.2) is 0 Å². The van der Waals surface area contributed by atoms with Crippen molar-refractivity contribution in [2.45, 2.75) is 40.0 Å². The zero-order valence-corrected chi connectivity index (χ0v) is 15.2. The second kappa shape index (κ2) is 15.8. The molecule has 2 N–H and O–H groups in total. The zero-order chi connectivity index (χ0) is 18.0. The van der Waals surface area contributed by atoms with Gasteiger partial charge in [-0.3, -0.25) is 0 Å². The molecule has 0 saturated heterocycles. The highest BCUT2D eigenvalue weighted by Crippen LogP contribution is 2.15. The van der Waals surface area contributed by atoms with E-state index in [9.17, 15) is 0 Å². The lowest BCUT2D eigenvalue weighted by molar-refractivity contribution is -0.106. The van der Waals surface area contributed by atoms with Crippen molar-refractivity contribution in [3.63, 3.8) is 0 Å². The van der Waals surface area contributed by atoms with E-state index in [4.69, 9.17) is 15.3 Å². The number of benzene rings is 2. The first-order valence-electron chi connectivity index (χ1n) is 8.51. The molecule has 0 aliphatic rings. The number of aldehydes is 1. The normalized spacial score (nSPS) is 9.00. The molecule has 2 rings (SSSR count). The van der Waals surface area contributed by atoms with Crippen molar-refractivity contribution in [2.75, 3.05) is 13.2 Å². The molecule has 0 aliphatic heterocycles. The summed E-state index contributed by atoms with van der Waals surface area (Å²) in [5, 5.41) is 0. The summed E-state index contributed by atoms with van der Waals surface area (Å²) >= 11 is 0. The fourth-order valence-corrected chi connectivity index (χ4v) is 1.91. The van der Waals surface area contributed by atoms with Gasteiger partial charge in [-0.1, -0.05) is 61.9 Å². The van der Waals surface area contributed by atoms with Crippen LogP contribution in [0.5, 0.6) is 5.75 Å². The minimum atomic E-state index is 0.564. The number of unbranched alkanes of at least 4 members (excludes halogenated alkanes) is 1. The number of carbonyl (C=O) groups excluding carboxylic acids is 1. The molecular formula is C21H31NO2. The van der Waals surface area contributed by atoms with Crippen molar-refractivity contribution in [3.05, 3.63) is 65.7 Å². The number of para-hydroxylation sites is 1. The van der Waals surface area contributed by atoms with Gasteiger partial charge in [0.1, 0.15) is 18.6 Å². The number of rotatable bonds is 6. The molecule has 0 radical (unpaired) electrons. The molecule has 3 nitrogen and oxygen atoms in total. The van der Waals surface area contributed by atoms with Crippen LogP contribution >= 0.6 is 0 Å². The largest absolute Gasteiger partial charge is 0.492 e. The summed E-state index contributed by atoms with van der Waals surface area (Å²) in [5.74, 6) is 0.929. The quantitative estimate of drug-likeness (QED) is 0.790. The molecule has 0 aromatic heterocycles. The van der Waals surface area contributed by atoms with Crippen LogP contribution < -0.4 is 10.5 Å². The Morgan fingerprint density at radius 2 is 1.62 bits per heavy atom. The number of hydrogen-bond donors (Lipinski definition) is 1. The molecule has 2 aromatic carbocycles. The van der Waals surface area contributed by atoms with Crippen LogP contribution in [0.1, 0.15) is 37.8 Å². The molecule has 0 aliphatic carbocycles. The maximum absolute atomic E-state index is 8.81. The van der Waals surface area contributed by atoms with Gasteiger partial charge in [-0.15, -0.1) is 0 Å². The molecular weight excluding hydrogens is 298 g/mol. The third-order valence-electron chi connectivity index (χ3n) is 3.13. The number of aryl methyl sites for hydroxylation is 2. The summed E-state index contributed by atoms with van der Waals surface area (Å²) in [6.07, 6.45) is 4.58. The van der Waals surface area contributed by atoms with Gasteiger partial charge in [-0.05, 0) is 43.9 Å². The van der Waals surface area contributed by atoms with E-state index >= 15 is 0 Å². The highest BCUT2D eigenvalue weighted by atomic mass is 16.5. The van der Waals surface area contributed by atoms with Crippen LogP contribution in [-0.2, 0) is 11.2 Å². The second-order valence-corrected chi connectivity index (χ2v) is 5.23. The van der Waals surface area contributed by atoms with E-state index in [2.05, 4.69) is 37.3 Å². The average molecular weight is 329 g/mol. The number of hydrogen-bond acceptors (Lipinski definition) is 3. The van der Waals surface area contributed by atoms with Crippen LogP contribution in [-0.4, -0.2) is 19.4 Å². The third kappa shape index (κ3) is 11.4. The molecule has 132 valence electrons. The molecule has 0 fully saturated rings. The molecule has 0 heterocycles. The lowest BCUT2D eigenvalue weighted by Gasteiger charge is -2.06. The molecule has 0 saturated carbocycles. The van der Waals surface area contributed by atoms with Gasteiger partial charge < -0.3 is 15.3 Å². The van der Waals surface area contributed by atoms with Crippen molar-refractivity contribution in [1.29, 1.82) is 0 Å². The van der Waals surface area contributed by atoms with E-state index in [1.165, 1.54) is 31.7 Å². The monoisotopic (exact) mass is 329 g/mol. The highest BCUT2D eigenvalue weighted by molar-refractivity contribution is 5.44. The van der Waals surface area contributed by atoms with Crippen LogP contribution in [0.3, 0.4) is 0 Å². The first kappa shape index (κ1) is 21.9. The van der Waals surface area contributed by atoms with Crippen LogP contribution in [0.2, 0.25) is 0 Å². The van der Waals surface area contributed by atoms with Crippen molar-refractivity contribution in [2.24, 2.45) is 5.73 Å². The van der Waals surface area contributed by atoms with Gasteiger partial charge in [0.15, 0.2) is 0 Å². The standard InChI is InChI=1S/C10H14.C9H13NO.C2H4O/c1-2-3-7-10-8-5-4-6-9-10;1-8-4-2-3-5-9(8)11-7-6-10;1-2-3/h4-6,8-9H,2-3,7H2,1H3;2-5H,6-7,10H2,1H3;2H,1H3. The maximum Gasteiger partial charge on any atom is 0.122 e. The molecule has 0 atom stereocenters. The van der Waals surface area contributed by atoms with Gasteiger partial charge in [-0.2, -0.15) is 0 Å². The van der Waals surface area contributed by atoms with Gasteiger partial charge in [0.25, 0.3) is 0 Å². The average Bonchev–Trinajstić information content (AvgIpc) is 2.61. The molecule has 24 heavy (non-hydrogen) atoms. The zero-order valence-electron chi connectivity index (χ0n) is 15.2. The smallest absolute Gasteiger partial charge is 0.122 e. The fourth-order valence-electron chi connectivity index (χ4n) is 1.91. The summed E-state index contributed by atoms with van der Waals surface area (Å²) in [5.41, 5.74) is 7.92. The Balaban J connectivity index is 0.000000381. The van der Waals surface area contributed by atoms with E-state index in [0.717, 1.165) is 17.6 Å². The van der Waals surface area contributed by atoms with Crippen molar-refractivity contribution >= 4 is 6.29 Å². The fraction of sp³-hybridized carbons (Fsp3) is 0.381. The van der Waals surface area contributed by atoms with E-state index < -0.39 is 0 Å². The number of ether oxygens (including phenoxy) is 1. The molecule has 0 bridgehead atoms. The first-order valence-corrected chi connectivity index (χ1v) is 8.51. The van der Waals surface area contributed by atoms with Crippen LogP contribution in [0, 0.1) is 6.92 Å². The molecule has 0 spiro atoms.